The van der Waals surface area contributed by atoms with E-state index in [1.54, 1.807) is 18.2 Å². The minimum atomic E-state index is -1.15. The molecule has 2 aromatic rings. The van der Waals surface area contributed by atoms with E-state index in [1.807, 2.05) is 0 Å². The van der Waals surface area contributed by atoms with Crippen LogP contribution >= 0.6 is 12.2 Å². The average Bonchev–Trinajstić information content (AvgIpc) is 2.71. The molecule has 0 bridgehead atoms. The first-order valence-corrected chi connectivity index (χ1v) is 8.73. The van der Waals surface area contributed by atoms with Crippen molar-refractivity contribution in [2.45, 2.75) is 0 Å². The molecule has 1 aliphatic rings. The summed E-state index contributed by atoms with van der Waals surface area (Å²) in [7, 11) is 2.96. The summed E-state index contributed by atoms with van der Waals surface area (Å²) in [6.45, 7) is 0. The summed E-state index contributed by atoms with van der Waals surface area (Å²) in [5.41, 5.74) is 0.474. The van der Waals surface area contributed by atoms with Crippen molar-refractivity contribution < 1.29 is 29.0 Å². The zero-order valence-corrected chi connectivity index (χ0v) is 16.3. The number of carbonyl (C=O) groups excluding carboxylic acids is 2. The Balaban J connectivity index is 2.07. The molecule has 148 valence electrons. The van der Waals surface area contributed by atoms with E-state index in [4.69, 9.17) is 21.7 Å². The van der Waals surface area contributed by atoms with Gasteiger partial charge >= 0.3 is 5.97 Å². The summed E-state index contributed by atoms with van der Waals surface area (Å²) in [5, 5.41) is 11.5. The molecule has 1 saturated heterocycles. The summed E-state index contributed by atoms with van der Waals surface area (Å²) >= 11 is 5.13. The molecule has 3 rings (SSSR count). The molecule has 1 fully saturated rings. The zero-order chi connectivity index (χ0) is 21.1. The van der Waals surface area contributed by atoms with Crippen molar-refractivity contribution in [1.82, 2.24) is 5.32 Å². The molecule has 0 spiro atoms. The zero-order valence-electron chi connectivity index (χ0n) is 15.5. The largest absolute Gasteiger partial charge is 0.497 e. The molecular formula is C20H16N2O6S. The maximum atomic E-state index is 13.1. The van der Waals surface area contributed by atoms with Gasteiger partial charge in [-0.25, -0.2) is 4.79 Å². The summed E-state index contributed by atoms with van der Waals surface area (Å²) in [5.74, 6) is -1.56. The fourth-order valence-corrected chi connectivity index (χ4v) is 3.06. The summed E-state index contributed by atoms with van der Waals surface area (Å²) in [6, 6.07) is 10.7. The Labute approximate surface area is 171 Å². The van der Waals surface area contributed by atoms with E-state index in [1.165, 1.54) is 44.6 Å². The van der Waals surface area contributed by atoms with Gasteiger partial charge in [0.1, 0.15) is 17.1 Å². The number of anilines is 1. The second-order valence-electron chi connectivity index (χ2n) is 5.92. The van der Waals surface area contributed by atoms with E-state index < -0.39 is 17.8 Å². The molecule has 0 saturated carbocycles. The molecule has 1 aliphatic heterocycles. The molecule has 2 amide bonds. The van der Waals surface area contributed by atoms with Crippen LogP contribution in [0.4, 0.5) is 5.69 Å². The first-order valence-electron chi connectivity index (χ1n) is 8.32. The third-order valence-electron chi connectivity index (χ3n) is 4.19. The van der Waals surface area contributed by atoms with Gasteiger partial charge in [0.2, 0.25) is 0 Å². The molecule has 2 N–H and O–H groups in total. The summed E-state index contributed by atoms with van der Waals surface area (Å²) in [6.07, 6.45) is 1.37. The topological polar surface area (TPSA) is 105 Å². The highest BCUT2D eigenvalue weighted by Gasteiger charge is 2.35. The van der Waals surface area contributed by atoms with E-state index in [-0.39, 0.29) is 21.9 Å². The predicted octanol–water partition coefficient (Wildman–Crippen LogP) is 2.23. The van der Waals surface area contributed by atoms with Gasteiger partial charge in [-0.1, -0.05) is 6.07 Å². The maximum absolute atomic E-state index is 13.1. The third-order valence-corrected chi connectivity index (χ3v) is 4.47. The Kier molecular flexibility index (Phi) is 5.60. The number of hydrogen-bond acceptors (Lipinski definition) is 6. The molecule has 0 aliphatic carbocycles. The van der Waals surface area contributed by atoms with Gasteiger partial charge in [0.15, 0.2) is 5.11 Å². The van der Waals surface area contributed by atoms with Crippen molar-refractivity contribution in [3.8, 4) is 11.5 Å². The first kappa shape index (κ1) is 20.0. The smallest absolute Gasteiger partial charge is 0.335 e. The standard InChI is InChI=1S/C20H16N2O6S/c1-27-14-6-7-16(28-2)12(9-14)10-15-17(23)21-20(29)22(18(15)24)13-5-3-4-11(8-13)19(25)26/h3-10H,1-2H3,(H,25,26)(H,21,23,29). The first-order chi connectivity index (χ1) is 13.8. The molecule has 1 heterocycles. The van der Waals surface area contributed by atoms with Gasteiger partial charge in [-0.05, 0) is 54.7 Å². The Hall–Kier alpha value is -3.72. The number of rotatable bonds is 5. The van der Waals surface area contributed by atoms with Crippen LogP contribution in [0.15, 0.2) is 48.0 Å². The van der Waals surface area contributed by atoms with Gasteiger partial charge in [0, 0.05) is 5.56 Å². The van der Waals surface area contributed by atoms with Crippen LogP contribution in [0.1, 0.15) is 15.9 Å². The number of carboxylic acids is 1. The van der Waals surface area contributed by atoms with Crippen LogP contribution in [0.2, 0.25) is 0 Å². The number of hydrogen-bond donors (Lipinski definition) is 2. The van der Waals surface area contributed by atoms with Gasteiger partial charge in [0.25, 0.3) is 11.8 Å². The Morgan fingerprint density at radius 3 is 2.55 bits per heavy atom. The Bertz CT molecular complexity index is 1060. The van der Waals surface area contributed by atoms with Gasteiger partial charge < -0.3 is 14.6 Å². The number of carbonyl (C=O) groups is 3. The van der Waals surface area contributed by atoms with Crippen molar-refractivity contribution in [1.29, 1.82) is 0 Å². The van der Waals surface area contributed by atoms with Gasteiger partial charge in [-0.15, -0.1) is 0 Å². The highest BCUT2D eigenvalue weighted by Crippen LogP contribution is 2.28. The lowest BCUT2D eigenvalue weighted by Crippen LogP contribution is -2.54. The monoisotopic (exact) mass is 412 g/mol. The maximum Gasteiger partial charge on any atom is 0.335 e. The average molecular weight is 412 g/mol. The van der Waals surface area contributed by atoms with Crippen LogP contribution in [0.3, 0.4) is 0 Å². The fourth-order valence-electron chi connectivity index (χ4n) is 2.78. The number of thiocarbonyl (C=S) groups is 1. The molecular weight excluding hydrogens is 396 g/mol. The van der Waals surface area contributed by atoms with E-state index in [0.29, 0.717) is 17.1 Å². The lowest BCUT2D eigenvalue weighted by Gasteiger charge is -2.29. The van der Waals surface area contributed by atoms with Crippen LogP contribution in [0.5, 0.6) is 11.5 Å². The predicted molar refractivity (Wildman–Crippen MR) is 109 cm³/mol. The number of methoxy groups -OCH3 is 2. The van der Waals surface area contributed by atoms with Crippen molar-refractivity contribution in [2.75, 3.05) is 19.1 Å². The van der Waals surface area contributed by atoms with Crippen LogP contribution in [-0.4, -0.2) is 42.2 Å². The van der Waals surface area contributed by atoms with Gasteiger partial charge in [-0.2, -0.15) is 0 Å². The van der Waals surface area contributed by atoms with E-state index in [0.717, 1.165) is 4.90 Å². The van der Waals surface area contributed by atoms with Crippen molar-refractivity contribution in [3.63, 3.8) is 0 Å². The number of nitrogens with zero attached hydrogens (tertiary/aromatic N) is 1. The number of benzene rings is 2. The molecule has 0 radical (unpaired) electrons. The van der Waals surface area contributed by atoms with E-state index >= 15 is 0 Å². The van der Waals surface area contributed by atoms with Crippen molar-refractivity contribution in [3.05, 3.63) is 59.2 Å². The van der Waals surface area contributed by atoms with E-state index in [9.17, 15) is 19.5 Å². The molecule has 8 nitrogen and oxygen atoms in total. The van der Waals surface area contributed by atoms with Crippen molar-refractivity contribution >= 4 is 46.9 Å². The molecule has 29 heavy (non-hydrogen) atoms. The van der Waals surface area contributed by atoms with Crippen LogP contribution in [0.25, 0.3) is 6.08 Å². The van der Waals surface area contributed by atoms with Crippen LogP contribution in [0, 0.1) is 0 Å². The number of amides is 2. The minimum absolute atomic E-state index is 0.0185. The SMILES string of the molecule is COc1ccc(OC)c(C=C2C(=O)NC(=S)N(c3cccc(C(=O)O)c3)C2=O)c1. The normalized spacial score (nSPS) is 15.3. The van der Waals surface area contributed by atoms with Crippen LogP contribution < -0.4 is 19.7 Å². The fraction of sp³-hybridized carbons (Fsp3) is 0.100. The van der Waals surface area contributed by atoms with Crippen molar-refractivity contribution in [2.24, 2.45) is 0 Å². The van der Waals surface area contributed by atoms with Gasteiger partial charge in [0.05, 0.1) is 25.5 Å². The molecule has 9 heteroatoms. The molecule has 0 atom stereocenters. The second kappa shape index (κ2) is 8.11. The number of carboxylic acid groups (broad SMARTS) is 1. The van der Waals surface area contributed by atoms with E-state index in [2.05, 4.69) is 5.32 Å². The highest BCUT2D eigenvalue weighted by atomic mass is 32.1. The lowest BCUT2D eigenvalue weighted by molar-refractivity contribution is -0.122. The van der Waals surface area contributed by atoms with Crippen LogP contribution in [-0.2, 0) is 9.59 Å². The molecule has 0 unspecified atom stereocenters. The number of aromatic carboxylic acids is 1. The second-order valence-corrected chi connectivity index (χ2v) is 6.31. The lowest BCUT2D eigenvalue weighted by atomic mass is 10.1. The Morgan fingerprint density at radius 1 is 1.14 bits per heavy atom. The molecule has 2 aromatic carbocycles. The Morgan fingerprint density at radius 2 is 1.90 bits per heavy atom. The number of ether oxygens (including phenoxy) is 2. The van der Waals surface area contributed by atoms with Gasteiger partial charge in [-0.3, -0.25) is 19.8 Å². The summed E-state index contributed by atoms with van der Waals surface area (Å²) in [4.78, 5) is 37.8. The third kappa shape index (κ3) is 3.94. The minimum Gasteiger partial charge on any atom is -0.497 e. The quantitative estimate of drug-likeness (QED) is 0.441. The molecule has 0 aromatic heterocycles. The number of nitrogens with one attached hydrogen (secondary N) is 1. The summed E-state index contributed by atoms with van der Waals surface area (Å²) < 4.78 is 10.5. The highest BCUT2D eigenvalue weighted by molar-refractivity contribution is 7.80.